The average Bonchev–Trinajstić information content (AvgIpc) is 2.31. The van der Waals surface area contributed by atoms with Crippen molar-refractivity contribution in [2.75, 3.05) is 0 Å². The normalized spacial score (nSPS) is 10.9. The Balaban J connectivity index is 3.11. The van der Waals surface area contributed by atoms with E-state index < -0.39 is 5.97 Å². The summed E-state index contributed by atoms with van der Waals surface area (Å²) in [6.07, 6.45) is 0.932. The molecule has 0 aromatic carbocycles. The molecular weight excluding hydrogens is 178 g/mol. The Kier molecular flexibility index (Phi) is 2.99. The summed E-state index contributed by atoms with van der Waals surface area (Å²) in [5, 5.41) is 8.91. The van der Waals surface area contributed by atoms with Gasteiger partial charge in [0, 0.05) is 5.69 Å². The van der Waals surface area contributed by atoms with Gasteiger partial charge >= 0.3 is 5.97 Å². The predicted molar refractivity (Wildman–Crippen MR) is 55.8 cm³/mol. The average molecular weight is 195 g/mol. The summed E-state index contributed by atoms with van der Waals surface area (Å²) >= 11 is 0. The summed E-state index contributed by atoms with van der Waals surface area (Å²) in [7, 11) is 0. The van der Waals surface area contributed by atoms with E-state index in [1.54, 1.807) is 0 Å². The number of aromatic carboxylic acids is 1. The van der Waals surface area contributed by atoms with Crippen LogP contribution in [0.25, 0.3) is 0 Å². The maximum absolute atomic E-state index is 10.8. The molecule has 1 heterocycles. The van der Waals surface area contributed by atoms with Gasteiger partial charge < -0.3 is 10.1 Å². The number of aryl methyl sites for hydroxylation is 1. The fraction of sp³-hybridized carbons (Fsp3) is 0.545. The highest BCUT2D eigenvalue weighted by Gasteiger charge is 2.16. The van der Waals surface area contributed by atoms with Crippen molar-refractivity contribution in [1.29, 1.82) is 0 Å². The van der Waals surface area contributed by atoms with Crippen LogP contribution in [0.1, 0.15) is 41.2 Å². The fourth-order valence-corrected chi connectivity index (χ4v) is 1.72. The Labute approximate surface area is 84.2 Å². The number of hydrogen-bond acceptors (Lipinski definition) is 1. The van der Waals surface area contributed by atoms with E-state index in [0.717, 1.165) is 23.2 Å². The maximum atomic E-state index is 10.8. The highest BCUT2D eigenvalue weighted by atomic mass is 16.4. The zero-order valence-electron chi connectivity index (χ0n) is 9.14. The number of hydrogen-bond donors (Lipinski definition) is 2. The van der Waals surface area contributed by atoms with E-state index in [4.69, 9.17) is 5.11 Å². The van der Waals surface area contributed by atoms with Crippen LogP contribution in [0.2, 0.25) is 0 Å². The number of rotatable bonds is 3. The smallest absolute Gasteiger partial charge is 0.352 e. The van der Waals surface area contributed by atoms with E-state index in [0.29, 0.717) is 11.6 Å². The molecule has 0 aliphatic carbocycles. The number of carboxylic acids is 1. The van der Waals surface area contributed by atoms with Crippen LogP contribution in [-0.4, -0.2) is 16.1 Å². The van der Waals surface area contributed by atoms with Crippen LogP contribution in [0, 0.1) is 19.8 Å². The van der Waals surface area contributed by atoms with Gasteiger partial charge in [0.15, 0.2) is 0 Å². The fourth-order valence-electron chi connectivity index (χ4n) is 1.72. The van der Waals surface area contributed by atoms with Gasteiger partial charge in [-0.3, -0.25) is 0 Å². The van der Waals surface area contributed by atoms with Gasteiger partial charge in [-0.15, -0.1) is 0 Å². The van der Waals surface area contributed by atoms with Gasteiger partial charge in [-0.2, -0.15) is 0 Å². The molecule has 0 spiro atoms. The minimum Gasteiger partial charge on any atom is -0.477 e. The zero-order chi connectivity index (χ0) is 10.9. The molecule has 1 aromatic heterocycles. The van der Waals surface area contributed by atoms with Crippen molar-refractivity contribution in [1.82, 2.24) is 4.98 Å². The van der Waals surface area contributed by atoms with Crippen LogP contribution in [0.3, 0.4) is 0 Å². The number of H-pyrrole nitrogens is 1. The third kappa shape index (κ3) is 1.97. The van der Waals surface area contributed by atoms with Crippen molar-refractivity contribution in [2.24, 2.45) is 5.92 Å². The number of aromatic amines is 1. The Morgan fingerprint density at radius 3 is 2.36 bits per heavy atom. The highest BCUT2D eigenvalue weighted by Crippen LogP contribution is 2.20. The lowest BCUT2D eigenvalue weighted by atomic mass is 9.99. The molecule has 78 valence electrons. The SMILES string of the molecule is Cc1[nH]c(C(=O)O)c(C)c1CC(C)C. The quantitative estimate of drug-likeness (QED) is 0.778. The molecule has 0 radical (unpaired) electrons. The van der Waals surface area contributed by atoms with E-state index in [9.17, 15) is 4.79 Å². The molecule has 0 saturated heterocycles. The first-order chi connectivity index (χ1) is 6.43. The van der Waals surface area contributed by atoms with Gasteiger partial charge in [-0.25, -0.2) is 4.79 Å². The molecule has 14 heavy (non-hydrogen) atoms. The van der Waals surface area contributed by atoms with Gasteiger partial charge in [0.1, 0.15) is 5.69 Å². The zero-order valence-corrected chi connectivity index (χ0v) is 9.14. The topological polar surface area (TPSA) is 53.1 Å². The molecule has 3 heteroatoms. The van der Waals surface area contributed by atoms with Crippen LogP contribution in [0.15, 0.2) is 0 Å². The summed E-state index contributed by atoms with van der Waals surface area (Å²) in [4.78, 5) is 13.8. The lowest BCUT2D eigenvalue weighted by molar-refractivity contribution is 0.0690. The molecular formula is C11H17NO2. The minimum absolute atomic E-state index is 0.332. The monoisotopic (exact) mass is 195 g/mol. The summed E-state index contributed by atoms with van der Waals surface area (Å²) in [6.45, 7) is 8.06. The minimum atomic E-state index is -0.874. The Morgan fingerprint density at radius 1 is 1.43 bits per heavy atom. The Hall–Kier alpha value is -1.25. The van der Waals surface area contributed by atoms with Crippen molar-refractivity contribution in [3.63, 3.8) is 0 Å². The number of nitrogens with one attached hydrogen (secondary N) is 1. The van der Waals surface area contributed by atoms with Crippen LogP contribution in [0.4, 0.5) is 0 Å². The van der Waals surface area contributed by atoms with Gasteiger partial charge in [-0.05, 0) is 37.3 Å². The number of carboxylic acid groups (broad SMARTS) is 1. The molecule has 0 amide bonds. The van der Waals surface area contributed by atoms with Gasteiger partial charge in [0.05, 0.1) is 0 Å². The van der Waals surface area contributed by atoms with E-state index in [-0.39, 0.29) is 0 Å². The van der Waals surface area contributed by atoms with E-state index >= 15 is 0 Å². The third-order valence-electron chi connectivity index (χ3n) is 2.42. The molecule has 0 aliphatic rings. The highest BCUT2D eigenvalue weighted by molar-refractivity contribution is 5.88. The van der Waals surface area contributed by atoms with Gasteiger partial charge in [0.25, 0.3) is 0 Å². The second-order valence-corrected chi connectivity index (χ2v) is 4.13. The van der Waals surface area contributed by atoms with Crippen molar-refractivity contribution in [3.05, 3.63) is 22.5 Å². The van der Waals surface area contributed by atoms with Crippen LogP contribution in [0.5, 0.6) is 0 Å². The summed E-state index contributed by atoms with van der Waals surface area (Å²) in [5.41, 5.74) is 3.34. The number of aromatic nitrogens is 1. The van der Waals surface area contributed by atoms with E-state index in [2.05, 4.69) is 18.8 Å². The third-order valence-corrected chi connectivity index (χ3v) is 2.42. The standard InChI is InChI=1S/C11H17NO2/c1-6(2)5-9-7(3)10(11(13)14)12-8(9)4/h6,12H,5H2,1-4H3,(H,13,14). The number of carbonyl (C=O) groups is 1. The lowest BCUT2D eigenvalue weighted by Gasteiger charge is -2.05. The molecule has 0 saturated carbocycles. The molecule has 0 aliphatic heterocycles. The molecule has 0 fully saturated rings. The largest absolute Gasteiger partial charge is 0.477 e. The van der Waals surface area contributed by atoms with Crippen molar-refractivity contribution >= 4 is 5.97 Å². The summed E-state index contributed by atoms with van der Waals surface area (Å²) in [6, 6.07) is 0. The Morgan fingerprint density at radius 2 is 2.00 bits per heavy atom. The maximum Gasteiger partial charge on any atom is 0.352 e. The van der Waals surface area contributed by atoms with Crippen molar-refractivity contribution < 1.29 is 9.90 Å². The van der Waals surface area contributed by atoms with Gasteiger partial charge in [0.2, 0.25) is 0 Å². The summed E-state index contributed by atoms with van der Waals surface area (Å²) in [5.74, 6) is -0.328. The first-order valence-electron chi connectivity index (χ1n) is 4.84. The molecule has 1 rings (SSSR count). The van der Waals surface area contributed by atoms with Crippen molar-refractivity contribution in [3.8, 4) is 0 Å². The van der Waals surface area contributed by atoms with Crippen LogP contribution in [-0.2, 0) is 6.42 Å². The van der Waals surface area contributed by atoms with Crippen LogP contribution >= 0.6 is 0 Å². The molecule has 0 bridgehead atoms. The Bertz CT molecular complexity index is 350. The lowest BCUT2D eigenvalue weighted by Crippen LogP contribution is -2.00. The first kappa shape index (κ1) is 10.8. The molecule has 2 N–H and O–H groups in total. The van der Waals surface area contributed by atoms with E-state index in [1.165, 1.54) is 0 Å². The molecule has 1 aromatic rings. The summed E-state index contributed by atoms with van der Waals surface area (Å²) < 4.78 is 0. The molecule has 3 nitrogen and oxygen atoms in total. The second kappa shape index (κ2) is 3.86. The van der Waals surface area contributed by atoms with Crippen molar-refractivity contribution in [2.45, 2.75) is 34.1 Å². The predicted octanol–water partition coefficient (Wildman–Crippen LogP) is 2.53. The molecule has 0 atom stereocenters. The van der Waals surface area contributed by atoms with Gasteiger partial charge in [-0.1, -0.05) is 13.8 Å². The first-order valence-corrected chi connectivity index (χ1v) is 4.84. The van der Waals surface area contributed by atoms with E-state index in [1.807, 2.05) is 13.8 Å². The molecule has 0 unspecified atom stereocenters. The second-order valence-electron chi connectivity index (χ2n) is 4.13. The van der Waals surface area contributed by atoms with Crippen LogP contribution < -0.4 is 0 Å².